The van der Waals surface area contributed by atoms with Gasteiger partial charge in [-0.25, -0.2) is 5.43 Å². The molecule has 0 saturated carbocycles. The minimum Gasteiger partial charge on any atom is -0.489 e. The molecule has 0 bridgehead atoms. The summed E-state index contributed by atoms with van der Waals surface area (Å²) < 4.78 is 6.83. The average molecular weight is 478 g/mol. The second-order valence-electron chi connectivity index (χ2n) is 5.82. The van der Waals surface area contributed by atoms with E-state index in [-0.39, 0.29) is 5.91 Å². The number of nitrogens with one attached hydrogen (secondary N) is 1. The van der Waals surface area contributed by atoms with Gasteiger partial charge in [0.15, 0.2) is 0 Å². The molecule has 7 heteroatoms. The summed E-state index contributed by atoms with van der Waals surface area (Å²) >= 11 is 15.2. The summed E-state index contributed by atoms with van der Waals surface area (Å²) in [6.07, 6.45) is 1.54. The monoisotopic (exact) mass is 476 g/mol. The van der Waals surface area contributed by atoms with Gasteiger partial charge >= 0.3 is 0 Å². The van der Waals surface area contributed by atoms with Crippen molar-refractivity contribution < 1.29 is 9.53 Å². The van der Waals surface area contributed by atoms with Crippen LogP contribution in [0, 0.1) is 0 Å². The topological polar surface area (TPSA) is 50.7 Å². The molecule has 0 unspecified atom stereocenters. The number of rotatable bonds is 6. The van der Waals surface area contributed by atoms with Gasteiger partial charge in [-0.05, 0) is 53.6 Å². The number of amides is 1. The van der Waals surface area contributed by atoms with E-state index in [1.165, 1.54) is 6.07 Å². The van der Waals surface area contributed by atoms with Gasteiger partial charge in [0, 0.05) is 10.0 Å². The molecule has 1 amide bonds. The summed E-state index contributed by atoms with van der Waals surface area (Å²) in [4.78, 5) is 12.1. The number of benzene rings is 3. The maximum absolute atomic E-state index is 12.1. The molecule has 0 radical (unpaired) electrons. The number of ether oxygens (including phenoxy) is 1. The molecule has 0 fully saturated rings. The predicted octanol–water partition coefficient (Wildman–Crippen LogP) is 6.10. The first-order valence-corrected chi connectivity index (χ1v) is 9.82. The quantitative estimate of drug-likeness (QED) is 0.344. The van der Waals surface area contributed by atoms with E-state index in [4.69, 9.17) is 27.9 Å². The second kappa shape index (κ2) is 9.73. The Balaban J connectivity index is 1.58. The van der Waals surface area contributed by atoms with E-state index in [1.807, 2.05) is 48.5 Å². The number of hydrogen-bond acceptors (Lipinski definition) is 3. The summed E-state index contributed by atoms with van der Waals surface area (Å²) in [5.41, 5.74) is 4.69. The summed E-state index contributed by atoms with van der Waals surface area (Å²) in [5.74, 6) is 0.333. The van der Waals surface area contributed by atoms with E-state index in [9.17, 15) is 4.79 Å². The van der Waals surface area contributed by atoms with E-state index in [0.717, 1.165) is 15.6 Å². The lowest BCUT2D eigenvalue weighted by Gasteiger charge is -2.07. The van der Waals surface area contributed by atoms with Gasteiger partial charge in [-0.3, -0.25) is 4.79 Å². The smallest absolute Gasteiger partial charge is 0.271 e. The highest BCUT2D eigenvalue weighted by atomic mass is 79.9. The van der Waals surface area contributed by atoms with Gasteiger partial charge in [-0.2, -0.15) is 5.10 Å². The predicted molar refractivity (Wildman–Crippen MR) is 116 cm³/mol. The Morgan fingerprint density at radius 1 is 1.04 bits per heavy atom. The Morgan fingerprint density at radius 2 is 1.82 bits per heavy atom. The molecule has 1 N–H and O–H groups in total. The van der Waals surface area contributed by atoms with Crippen molar-refractivity contribution in [3.63, 3.8) is 0 Å². The molecule has 0 aliphatic rings. The highest BCUT2D eigenvalue weighted by Crippen LogP contribution is 2.22. The molecule has 4 nitrogen and oxygen atoms in total. The fourth-order valence-electron chi connectivity index (χ4n) is 2.30. The van der Waals surface area contributed by atoms with Gasteiger partial charge in [-0.15, -0.1) is 0 Å². The summed E-state index contributed by atoms with van der Waals surface area (Å²) in [5, 5.41) is 4.68. The number of nitrogens with zero attached hydrogens (tertiary/aromatic N) is 1. The van der Waals surface area contributed by atoms with Crippen molar-refractivity contribution in [1.29, 1.82) is 0 Å². The molecule has 3 rings (SSSR count). The Morgan fingerprint density at radius 3 is 2.57 bits per heavy atom. The normalized spacial score (nSPS) is 10.8. The Kier molecular flexibility index (Phi) is 7.09. The zero-order valence-electron chi connectivity index (χ0n) is 14.5. The first kappa shape index (κ1) is 20.4. The molecule has 28 heavy (non-hydrogen) atoms. The highest BCUT2D eigenvalue weighted by molar-refractivity contribution is 9.10. The summed E-state index contributed by atoms with van der Waals surface area (Å²) in [6.45, 7) is 0.460. The van der Waals surface area contributed by atoms with Crippen molar-refractivity contribution in [2.75, 3.05) is 0 Å². The molecular formula is C21H15BrCl2N2O2. The molecule has 0 aliphatic carbocycles. The van der Waals surface area contributed by atoms with Crippen LogP contribution in [0.15, 0.2) is 76.3 Å². The second-order valence-corrected chi connectivity index (χ2v) is 7.55. The molecule has 142 valence electrons. The Bertz CT molecular complexity index is 1010. The van der Waals surface area contributed by atoms with Crippen molar-refractivity contribution in [3.05, 3.63) is 97.9 Å². The molecule has 0 aliphatic heterocycles. The van der Waals surface area contributed by atoms with E-state index < -0.39 is 0 Å². The summed E-state index contributed by atoms with van der Waals surface area (Å²) in [7, 11) is 0. The van der Waals surface area contributed by atoms with Gasteiger partial charge in [0.05, 0.1) is 16.3 Å². The molecule has 0 atom stereocenters. The van der Waals surface area contributed by atoms with Crippen LogP contribution < -0.4 is 10.2 Å². The van der Waals surface area contributed by atoms with Crippen molar-refractivity contribution >= 4 is 51.3 Å². The van der Waals surface area contributed by atoms with Gasteiger partial charge in [0.25, 0.3) is 5.91 Å². The standard InChI is InChI=1S/C21H15BrCl2N2O2/c22-17-7-4-14(5-8-17)13-28-18-3-1-2-15(10-18)12-25-26-21(27)16-6-9-19(23)20(24)11-16/h1-12H,13H2,(H,26,27)/b25-12-. The molecule has 0 spiro atoms. The van der Waals surface area contributed by atoms with Crippen LogP contribution in [-0.2, 0) is 6.61 Å². The Hall–Kier alpha value is -2.34. The van der Waals surface area contributed by atoms with Crippen molar-refractivity contribution in [1.82, 2.24) is 5.43 Å². The van der Waals surface area contributed by atoms with Gasteiger partial charge in [0.1, 0.15) is 12.4 Å². The van der Waals surface area contributed by atoms with Crippen LogP contribution in [0.5, 0.6) is 5.75 Å². The van der Waals surface area contributed by atoms with Crippen LogP contribution in [0.4, 0.5) is 0 Å². The van der Waals surface area contributed by atoms with E-state index in [2.05, 4.69) is 26.5 Å². The fraction of sp³-hybridized carbons (Fsp3) is 0.0476. The fourth-order valence-corrected chi connectivity index (χ4v) is 2.86. The molecule has 0 aromatic heterocycles. The number of hydrogen-bond donors (Lipinski definition) is 1. The third kappa shape index (κ3) is 5.83. The first-order valence-electron chi connectivity index (χ1n) is 8.27. The lowest BCUT2D eigenvalue weighted by molar-refractivity contribution is 0.0955. The molecule has 0 heterocycles. The molecule has 3 aromatic rings. The van der Waals surface area contributed by atoms with Crippen LogP contribution in [0.3, 0.4) is 0 Å². The van der Waals surface area contributed by atoms with Gasteiger partial charge in [-0.1, -0.05) is 63.4 Å². The minimum atomic E-state index is -0.377. The van der Waals surface area contributed by atoms with Crippen LogP contribution in [0.2, 0.25) is 10.0 Å². The van der Waals surface area contributed by atoms with Crippen LogP contribution in [-0.4, -0.2) is 12.1 Å². The molecular weight excluding hydrogens is 463 g/mol. The maximum atomic E-state index is 12.1. The zero-order valence-corrected chi connectivity index (χ0v) is 17.6. The van der Waals surface area contributed by atoms with E-state index in [1.54, 1.807) is 18.3 Å². The number of carbonyl (C=O) groups is 1. The lowest BCUT2D eigenvalue weighted by atomic mass is 10.2. The maximum Gasteiger partial charge on any atom is 0.271 e. The van der Waals surface area contributed by atoms with Crippen LogP contribution in [0.1, 0.15) is 21.5 Å². The molecule has 3 aromatic carbocycles. The van der Waals surface area contributed by atoms with Crippen molar-refractivity contribution in [3.8, 4) is 5.75 Å². The number of carbonyl (C=O) groups excluding carboxylic acids is 1. The average Bonchev–Trinajstić information content (AvgIpc) is 2.70. The van der Waals surface area contributed by atoms with Crippen molar-refractivity contribution in [2.24, 2.45) is 5.10 Å². The van der Waals surface area contributed by atoms with Crippen LogP contribution >= 0.6 is 39.1 Å². The Labute approximate surface area is 181 Å². The largest absolute Gasteiger partial charge is 0.489 e. The van der Waals surface area contributed by atoms with E-state index >= 15 is 0 Å². The van der Waals surface area contributed by atoms with Gasteiger partial charge < -0.3 is 4.74 Å². The van der Waals surface area contributed by atoms with Crippen molar-refractivity contribution in [2.45, 2.75) is 6.61 Å². The lowest BCUT2D eigenvalue weighted by Crippen LogP contribution is -2.17. The zero-order chi connectivity index (χ0) is 19.9. The number of hydrazone groups is 1. The third-order valence-electron chi connectivity index (χ3n) is 3.74. The van der Waals surface area contributed by atoms with Crippen LogP contribution in [0.25, 0.3) is 0 Å². The van der Waals surface area contributed by atoms with E-state index in [0.29, 0.717) is 28.0 Å². The first-order chi connectivity index (χ1) is 13.5. The minimum absolute atomic E-state index is 0.314. The highest BCUT2D eigenvalue weighted by Gasteiger charge is 2.07. The van der Waals surface area contributed by atoms with Gasteiger partial charge in [0.2, 0.25) is 0 Å². The number of halogens is 3. The third-order valence-corrected chi connectivity index (χ3v) is 5.01. The SMILES string of the molecule is O=C(N/N=C\c1cccc(OCc2ccc(Br)cc2)c1)c1ccc(Cl)c(Cl)c1. The summed E-state index contributed by atoms with van der Waals surface area (Å²) in [6, 6.07) is 20.0. The molecule has 0 saturated heterocycles.